The molecule has 0 saturated carbocycles. The molecule has 5 nitrogen and oxygen atoms in total. The van der Waals surface area contributed by atoms with Crippen LogP contribution in [0, 0.1) is 12.8 Å². The average molecular weight is 392 g/mol. The van der Waals surface area contributed by atoms with Gasteiger partial charge in [-0.25, -0.2) is 4.98 Å². The first-order valence-corrected chi connectivity index (χ1v) is 10.5. The lowest BCUT2D eigenvalue weighted by Gasteiger charge is -2.32. The third-order valence-electron chi connectivity index (χ3n) is 6.04. The van der Waals surface area contributed by atoms with Crippen LogP contribution < -0.4 is 4.74 Å². The molecule has 2 aromatic carbocycles. The summed E-state index contributed by atoms with van der Waals surface area (Å²) in [4.78, 5) is 19.4. The number of piperidine rings is 1. The molecule has 0 unspecified atom stereocenters. The predicted molar refractivity (Wildman–Crippen MR) is 115 cm³/mol. The van der Waals surface area contributed by atoms with Crippen LogP contribution in [0.2, 0.25) is 0 Å². The summed E-state index contributed by atoms with van der Waals surface area (Å²) in [6.45, 7) is 4.79. The number of nitrogens with zero attached hydrogens (tertiary/aromatic N) is 3. The van der Waals surface area contributed by atoms with Gasteiger partial charge in [0, 0.05) is 26.1 Å². The smallest absolute Gasteiger partial charge is 0.222 e. The minimum absolute atomic E-state index is 0.267. The Labute approximate surface area is 172 Å². The van der Waals surface area contributed by atoms with E-state index in [-0.39, 0.29) is 5.91 Å². The molecule has 0 bridgehead atoms. The minimum Gasteiger partial charge on any atom is -0.497 e. The number of hydrogen-bond donors (Lipinski definition) is 0. The summed E-state index contributed by atoms with van der Waals surface area (Å²) < 4.78 is 7.52. The maximum Gasteiger partial charge on any atom is 0.222 e. The van der Waals surface area contributed by atoms with Gasteiger partial charge < -0.3 is 14.2 Å². The first-order chi connectivity index (χ1) is 14.1. The van der Waals surface area contributed by atoms with Crippen LogP contribution in [0.1, 0.15) is 30.7 Å². The van der Waals surface area contributed by atoms with Crippen molar-refractivity contribution < 1.29 is 9.53 Å². The maximum absolute atomic E-state index is 12.6. The topological polar surface area (TPSA) is 47.4 Å². The van der Waals surface area contributed by atoms with E-state index in [1.807, 2.05) is 35.2 Å². The minimum atomic E-state index is 0.267. The number of carbonyl (C=O) groups excluding carboxylic acids is 1. The number of aryl methyl sites for hydroxylation is 2. The number of hydrogen-bond acceptors (Lipinski definition) is 3. The molecule has 0 N–H and O–H groups in total. The summed E-state index contributed by atoms with van der Waals surface area (Å²) in [5.41, 5.74) is 3.45. The lowest BCUT2D eigenvalue weighted by molar-refractivity contribution is -0.132. The van der Waals surface area contributed by atoms with E-state index in [2.05, 4.69) is 34.7 Å². The number of benzene rings is 2. The summed E-state index contributed by atoms with van der Waals surface area (Å²) in [5, 5.41) is 0. The Kier molecular flexibility index (Phi) is 5.84. The lowest BCUT2D eigenvalue weighted by Crippen LogP contribution is -2.39. The summed E-state index contributed by atoms with van der Waals surface area (Å²) in [6.07, 6.45) is 3.46. The SMILES string of the molecule is COc1ccc(CCC(=O)N2CCC(Cn3c(C)nc4ccccc43)CC2)cc1. The third kappa shape index (κ3) is 4.44. The molecule has 1 aromatic heterocycles. The molecule has 4 rings (SSSR count). The van der Waals surface area contributed by atoms with Gasteiger partial charge in [-0.1, -0.05) is 24.3 Å². The summed E-state index contributed by atoms with van der Waals surface area (Å²) in [6, 6.07) is 16.3. The zero-order chi connectivity index (χ0) is 20.2. The maximum atomic E-state index is 12.6. The fourth-order valence-electron chi connectivity index (χ4n) is 4.25. The van der Waals surface area contributed by atoms with E-state index in [0.29, 0.717) is 12.3 Å². The molecule has 2 heterocycles. The molecule has 1 aliphatic heterocycles. The Morgan fingerprint density at radius 3 is 2.55 bits per heavy atom. The lowest BCUT2D eigenvalue weighted by atomic mass is 9.96. The number of amides is 1. The molecule has 0 spiro atoms. The second kappa shape index (κ2) is 8.68. The fourth-order valence-corrected chi connectivity index (χ4v) is 4.25. The van der Waals surface area contributed by atoms with Crippen molar-refractivity contribution in [2.75, 3.05) is 20.2 Å². The number of para-hydroxylation sites is 2. The standard InChI is InChI=1S/C24H29N3O2/c1-18-25-22-5-3-4-6-23(22)27(18)17-20-13-15-26(16-14-20)24(28)12-9-19-7-10-21(29-2)11-8-19/h3-8,10-11,20H,9,12-17H2,1-2H3. The van der Waals surface area contributed by atoms with Crippen molar-refractivity contribution in [3.05, 3.63) is 59.9 Å². The van der Waals surface area contributed by atoms with Gasteiger partial charge in [0.25, 0.3) is 0 Å². The molecule has 3 aromatic rings. The van der Waals surface area contributed by atoms with Gasteiger partial charge >= 0.3 is 0 Å². The highest BCUT2D eigenvalue weighted by Gasteiger charge is 2.23. The van der Waals surface area contributed by atoms with Crippen LogP contribution in [0.25, 0.3) is 11.0 Å². The van der Waals surface area contributed by atoms with E-state index in [1.54, 1.807) is 7.11 Å². The molecule has 29 heavy (non-hydrogen) atoms. The number of fused-ring (bicyclic) bond motifs is 1. The van der Waals surface area contributed by atoms with Crippen LogP contribution in [-0.2, 0) is 17.8 Å². The van der Waals surface area contributed by atoms with Crippen molar-refractivity contribution in [2.24, 2.45) is 5.92 Å². The monoisotopic (exact) mass is 391 g/mol. The number of imidazole rings is 1. The molecule has 152 valence electrons. The van der Waals surface area contributed by atoms with Gasteiger partial charge in [0.05, 0.1) is 18.1 Å². The second-order valence-electron chi connectivity index (χ2n) is 7.93. The largest absolute Gasteiger partial charge is 0.497 e. The normalized spacial score (nSPS) is 15.0. The number of rotatable bonds is 6. The summed E-state index contributed by atoms with van der Waals surface area (Å²) in [5.74, 6) is 2.78. The zero-order valence-electron chi connectivity index (χ0n) is 17.3. The molecule has 1 aliphatic rings. The van der Waals surface area contributed by atoms with E-state index >= 15 is 0 Å². The Morgan fingerprint density at radius 2 is 1.83 bits per heavy atom. The predicted octanol–water partition coefficient (Wildman–Crippen LogP) is 4.22. The van der Waals surface area contributed by atoms with Gasteiger partial charge in [-0.15, -0.1) is 0 Å². The molecule has 1 saturated heterocycles. The summed E-state index contributed by atoms with van der Waals surface area (Å²) in [7, 11) is 1.67. The van der Waals surface area contributed by atoms with Crippen molar-refractivity contribution in [3.8, 4) is 5.75 Å². The molecule has 0 atom stereocenters. The molecular weight excluding hydrogens is 362 g/mol. The fraction of sp³-hybridized carbons (Fsp3) is 0.417. The van der Waals surface area contributed by atoms with Crippen LogP contribution in [0.5, 0.6) is 5.75 Å². The summed E-state index contributed by atoms with van der Waals surface area (Å²) >= 11 is 0. The molecule has 5 heteroatoms. The third-order valence-corrected chi connectivity index (χ3v) is 6.04. The number of likely N-dealkylation sites (tertiary alicyclic amines) is 1. The number of methoxy groups -OCH3 is 1. The van der Waals surface area contributed by atoms with Gasteiger partial charge in [0.15, 0.2) is 0 Å². The Morgan fingerprint density at radius 1 is 1.10 bits per heavy atom. The zero-order valence-corrected chi connectivity index (χ0v) is 17.3. The van der Waals surface area contributed by atoms with Gasteiger partial charge in [-0.3, -0.25) is 4.79 Å². The molecule has 0 aliphatic carbocycles. The van der Waals surface area contributed by atoms with Crippen molar-refractivity contribution in [1.82, 2.24) is 14.5 Å². The van der Waals surface area contributed by atoms with Crippen LogP contribution in [0.15, 0.2) is 48.5 Å². The van der Waals surface area contributed by atoms with E-state index in [0.717, 1.165) is 56.0 Å². The van der Waals surface area contributed by atoms with Crippen LogP contribution in [0.3, 0.4) is 0 Å². The molecular formula is C24H29N3O2. The van der Waals surface area contributed by atoms with Gasteiger partial charge in [-0.05, 0) is 61.9 Å². The van der Waals surface area contributed by atoms with Crippen LogP contribution in [0.4, 0.5) is 0 Å². The van der Waals surface area contributed by atoms with E-state index < -0.39 is 0 Å². The number of aromatic nitrogens is 2. The second-order valence-corrected chi connectivity index (χ2v) is 7.93. The quantitative estimate of drug-likeness (QED) is 0.632. The Hall–Kier alpha value is -2.82. The van der Waals surface area contributed by atoms with Gasteiger partial charge in [-0.2, -0.15) is 0 Å². The highest BCUT2D eigenvalue weighted by Crippen LogP contribution is 2.24. The Balaban J connectivity index is 1.28. The van der Waals surface area contributed by atoms with E-state index in [1.165, 1.54) is 11.1 Å². The van der Waals surface area contributed by atoms with Crippen molar-refractivity contribution >= 4 is 16.9 Å². The van der Waals surface area contributed by atoms with E-state index in [9.17, 15) is 4.79 Å². The van der Waals surface area contributed by atoms with E-state index in [4.69, 9.17) is 4.74 Å². The number of ether oxygens (including phenoxy) is 1. The Bertz CT molecular complexity index is 969. The molecule has 0 radical (unpaired) electrons. The van der Waals surface area contributed by atoms with Crippen LogP contribution in [-0.4, -0.2) is 40.6 Å². The first-order valence-electron chi connectivity index (χ1n) is 10.5. The van der Waals surface area contributed by atoms with Crippen molar-refractivity contribution in [2.45, 2.75) is 39.2 Å². The van der Waals surface area contributed by atoms with Crippen molar-refractivity contribution in [1.29, 1.82) is 0 Å². The molecule has 1 fully saturated rings. The molecule has 1 amide bonds. The van der Waals surface area contributed by atoms with Gasteiger partial charge in [0.1, 0.15) is 11.6 Å². The highest BCUT2D eigenvalue weighted by molar-refractivity contribution is 5.77. The van der Waals surface area contributed by atoms with Gasteiger partial charge in [0.2, 0.25) is 5.91 Å². The number of carbonyl (C=O) groups is 1. The first kappa shape index (κ1) is 19.5. The highest BCUT2D eigenvalue weighted by atomic mass is 16.5. The van der Waals surface area contributed by atoms with Crippen molar-refractivity contribution in [3.63, 3.8) is 0 Å². The van der Waals surface area contributed by atoms with Crippen LogP contribution >= 0.6 is 0 Å². The average Bonchev–Trinajstić information content (AvgIpc) is 3.08.